The van der Waals surface area contributed by atoms with Crippen molar-refractivity contribution in [2.45, 2.75) is 15.0 Å². The van der Waals surface area contributed by atoms with Crippen molar-refractivity contribution in [1.29, 1.82) is 0 Å². The summed E-state index contributed by atoms with van der Waals surface area (Å²) in [6, 6.07) is 13.1. The summed E-state index contributed by atoms with van der Waals surface area (Å²) >= 11 is 5.88. The van der Waals surface area contributed by atoms with Crippen LogP contribution in [0.25, 0.3) is 0 Å². The van der Waals surface area contributed by atoms with E-state index >= 15 is 0 Å². The van der Waals surface area contributed by atoms with Crippen molar-refractivity contribution < 1.29 is 26.3 Å². The standard InChI is InChI=1S/C21H21ClN2O6S2/c1-29-17-7-10-20(19(12-17)30-2)32(27,28)24-14-21(15-4-3-11-23-13-15)31(25,26)18-8-5-16(22)6-9-18/h3-13,21,24H,14H2,1-2H3/t21-/m1/s1. The molecule has 0 aliphatic carbocycles. The van der Waals surface area contributed by atoms with Gasteiger partial charge in [0.1, 0.15) is 21.6 Å². The van der Waals surface area contributed by atoms with Gasteiger partial charge in [-0.25, -0.2) is 21.6 Å². The molecular weight excluding hydrogens is 476 g/mol. The first-order valence-corrected chi connectivity index (χ1v) is 12.7. The number of ether oxygens (including phenoxy) is 2. The molecule has 2 aromatic carbocycles. The van der Waals surface area contributed by atoms with Crippen molar-refractivity contribution in [3.05, 3.63) is 77.6 Å². The van der Waals surface area contributed by atoms with Crippen molar-refractivity contribution in [1.82, 2.24) is 9.71 Å². The molecule has 3 aromatic rings. The first kappa shape index (κ1) is 24.0. The van der Waals surface area contributed by atoms with E-state index in [-0.39, 0.29) is 15.5 Å². The van der Waals surface area contributed by atoms with Crippen LogP contribution in [0.2, 0.25) is 5.02 Å². The fourth-order valence-electron chi connectivity index (χ4n) is 3.02. The molecule has 1 aromatic heterocycles. The molecule has 32 heavy (non-hydrogen) atoms. The largest absolute Gasteiger partial charge is 0.497 e. The Hall–Kier alpha value is -2.66. The Morgan fingerprint density at radius 1 is 1.00 bits per heavy atom. The van der Waals surface area contributed by atoms with Crippen LogP contribution in [0, 0.1) is 0 Å². The van der Waals surface area contributed by atoms with Gasteiger partial charge in [0.25, 0.3) is 0 Å². The number of methoxy groups -OCH3 is 2. The first-order valence-electron chi connectivity index (χ1n) is 9.30. The lowest BCUT2D eigenvalue weighted by atomic mass is 10.2. The Labute approximate surface area is 192 Å². The van der Waals surface area contributed by atoms with Crippen molar-refractivity contribution in [3.8, 4) is 11.5 Å². The van der Waals surface area contributed by atoms with Crippen LogP contribution in [0.3, 0.4) is 0 Å². The van der Waals surface area contributed by atoms with E-state index in [0.717, 1.165) is 0 Å². The molecule has 0 saturated heterocycles. The third-order valence-electron chi connectivity index (χ3n) is 4.69. The second-order valence-electron chi connectivity index (χ2n) is 6.64. The highest BCUT2D eigenvalue weighted by molar-refractivity contribution is 7.92. The molecule has 0 radical (unpaired) electrons. The fourth-order valence-corrected chi connectivity index (χ4v) is 6.09. The van der Waals surface area contributed by atoms with Crippen LogP contribution in [-0.4, -0.2) is 42.6 Å². The van der Waals surface area contributed by atoms with Gasteiger partial charge in [0, 0.05) is 30.0 Å². The molecular formula is C21H21ClN2O6S2. The molecule has 1 heterocycles. The minimum absolute atomic E-state index is 0.0111. The minimum atomic E-state index is -4.12. The van der Waals surface area contributed by atoms with E-state index in [2.05, 4.69) is 9.71 Å². The lowest BCUT2D eigenvalue weighted by Gasteiger charge is -2.19. The van der Waals surface area contributed by atoms with Gasteiger partial charge < -0.3 is 9.47 Å². The van der Waals surface area contributed by atoms with Gasteiger partial charge >= 0.3 is 0 Å². The van der Waals surface area contributed by atoms with Crippen LogP contribution >= 0.6 is 11.6 Å². The Morgan fingerprint density at radius 3 is 2.31 bits per heavy atom. The normalized spacial score (nSPS) is 12.8. The van der Waals surface area contributed by atoms with E-state index in [4.69, 9.17) is 21.1 Å². The zero-order chi connectivity index (χ0) is 23.4. The summed E-state index contributed by atoms with van der Waals surface area (Å²) in [5.41, 5.74) is 0.340. The molecule has 1 atom stereocenters. The number of nitrogens with one attached hydrogen (secondary N) is 1. The highest BCUT2D eigenvalue weighted by Crippen LogP contribution is 2.31. The average molecular weight is 497 g/mol. The molecule has 0 amide bonds. The number of halogens is 1. The predicted octanol–water partition coefficient (Wildman–Crippen LogP) is 3.25. The average Bonchev–Trinajstić information content (AvgIpc) is 2.79. The van der Waals surface area contributed by atoms with Crippen LogP contribution in [0.1, 0.15) is 10.8 Å². The van der Waals surface area contributed by atoms with Crippen LogP contribution in [0.4, 0.5) is 0 Å². The maximum Gasteiger partial charge on any atom is 0.244 e. The van der Waals surface area contributed by atoms with Crippen molar-refractivity contribution in [3.63, 3.8) is 0 Å². The van der Waals surface area contributed by atoms with Gasteiger partial charge in [-0.05, 0) is 48.0 Å². The second-order valence-corrected chi connectivity index (χ2v) is 10.9. The third-order valence-corrected chi connectivity index (χ3v) is 8.52. The number of sulfonamides is 1. The zero-order valence-electron chi connectivity index (χ0n) is 17.2. The molecule has 0 aliphatic heterocycles. The lowest BCUT2D eigenvalue weighted by molar-refractivity contribution is 0.386. The summed E-state index contributed by atoms with van der Waals surface area (Å²) in [7, 11) is -5.32. The summed E-state index contributed by atoms with van der Waals surface area (Å²) in [6.07, 6.45) is 2.89. The molecule has 1 N–H and O–H groups in total. The first-order chi connectivity index (χ1) is 15.2. The molecule has 0 spiro atoms. The summed E-state index contributed by atoms with van der Waals surface area (Å²) in [5.74, 6) is 0.481. The van der Waals surface area contributed by atoms with Crippen molar-refractivity contribution in [2.75, 3.05) is 20.8 Å². The van der Waals surface area contributed by atoms with Gasteiger partial charge in [-0.1, -0.05) is 17.7 Å². The number of sulfone groups is 1. The molecule has 0 unspecified atom stereocenters. The third kappa shape index (κ3) is 5.21. The molecule has 0 bridgehead atoms. The number of benzene rings is 2. The van der Waals surface area contributed by atoms with Crippen molar-refractivity contribution in [2.24, 2.45) is 0 Å². The maximum atomic E-state index is 13.4. The highest BCUT2D eigenvalue weighted by atomic mass is 35.5. The van der Waals surface area contributed by atoms with E-state index in [1.807, 2.05) is 0 Å². The van der Waals surface area contributed by atoms with E-state index in [0.29, 0.717) is 16.3 Å². The van der Waals surface area contributed by atoms with Gasteiger partial charge in [0.2, 0.25) is 10.0 Å². The van der Waals surface area contributed by atoms with Gasteiger partial charge in [0.15, 0.2) is 9.84 Å². The molecule has 0 aliphatic rings. The van der Waals surface area contributed by atoms with Gasteiger partial charge in [-0.15, -0.1) is 0 Å². The molecule has 11 heteroatoms. The topological polar surface area (TPSA) is 112 Å². The Balaban J connectivity index is 1.97. The monoisotopic (exact) mass is 496 g/mol. The van der Waals surface area contributed by atoms with Crippen molar-refractivity contribution >= 4 is 31.5 Å². The summed E-state index contributed by atoms with van der Waals surface area (Å²) in [4.78, 5) is 3.85. The van der Waals surface area contributed by atoms with Crippen LogP contribution in [0.15, 0.2) is 76.8 Å². The number of aromatic nitrogens is 1. The molecule has 8 nitrogen and oxygen atoms in total. The number of nitrogens with zero attached hydrogens (tertiary/aromatic N) is 1. The summed E-state index contributed by atoms with van der Waals surface area (Å²) in [5, 5.41) is -0.842. The number of hydrogen-bond donors (Lipinski definition) is 1. The molecule has 0 saturated carbocycles. The SMILES string of the molecule is COc1ccc(S(=O)(=O)NC[C@H](c2cccnc2)S(=O)(=O)c2ccc(Cl)cc2)c(OC)c1. The molecule has 170 valence electrons. The van der Waals surface area contributed by atoms with Crippen LogP contribution < -0.4 is 14.2 Å². The van der Waals surface area contributed by atoms with E-state index in [1.165, 1.54) is 69.1 Å². The second kappa shape index (κ2) is 9.86. The van der Waals surface area contributed by atoms with E-state index < -0.39 is 31.7 Å². The Bertz CT molecular complexity index is 1280. The van der Waals surface area contributed by atoms with E-state index in [9.17, 15) is 16.8 Å². The Kier molecular flexibility index (Phi) is 7.40. The van der Waals surface area contributed by atoms with Crippen LogP contribution in [-0.2, 0) is 19.9 Å². The minimum Gasteiger partial charge on any atom is -0.497 e. The molecule has 0 fully saturated rings. The fraction of sp³-hybridized carbons (Fsp3) is 0.190. The number of hydrogen-bond acceptors (Lipinski definition) is 7. The van der Waals surface area contributed by atoms with Gasteiger partial charge in [-0.3, -0.25) is 4.98 Å². The van der Waals surface area contributed by atoms with Gasteiger partial charge in [-0.2, -0.15) is 0 Å². The van der Waals surface area contributed by atoms with Crippen LogP contribution in [0.5, 0.6) is 11.5 Å². The lowest BCUT2D eigenvalue weighted by Crippen LogP contribution is -2.32. The maximum absolute atomic E-state index is 13.4. The smallest absolute Gasteiger partial charge is 0.244 e. The highest BCUT2D eigenvalue weighted by Gasteiger charge is 2.31. The number of pyridine rings is 1. The summed E-state index contributed by atoms with van der Waals surface area (Å²) < 4.78 is 65.4. The number of rotatable bonds is 9. The molecule has 3 rings (SSSR count). The zero-order valence-corrected chi connectivity index (χ0v) is 19.6. The predicted molar refractivity (Wildman–Crippen MR) is 120 cm³/mol. The quantitative estimate of drug-likeness (QED) is 0.484. The Morgan fingerprint density at radius 2 is 1.72 bits per heavy atom. The van der Waals surface area contributed by atoms with Gasteiger partial charge in [0.05, 0.1) is 19.1 Å². The summed E-state index contributed by atoms with van der Waals surface area (Å²) in [6.45, 7) is -0.422. The van der Waals surface area contributed by atoms with E-state index in [1.54, 1.807) is 12.1 Å².